The normalized spacial score (nSPS) is 26.5. The molecular formula is C14H18N2O2S2. The molecule has 1 aromatic rings. The van der Waals surface area contributed by atoms with Crippen molar-refractivity contribution in [1.82, 2.24) is 0 Å². The third-order valence-electron chi connectivity index (χ3n) is 3.80. The van der Waals surface area contributed by atoms with Gasteiger partial charge in [-0.15, -0.1) is 0 Å². The van der Waals surface area contributed by atoms with Crippen molar-refractivity contribution in [3.63, 3.8) is 0 Å². The first-order valence-corrected chi connectivity index (χ1v) is 9.27. The van der Waals surface area contributed by atoms with Gasteiger partial charge in [0.2, 0.25) is 0 Å². The van der Waals surface area contributed by atoms with Gasteiger partial charge < -0.3 is 4.83 Å². The fourth-order valence-corrected chi connectivity index (χ4v) is 5.15. The summed E-state index contributed by atoms with van der Waals surface area (Å²) in [5.41, 5.74) is 0. The molecule has 1 aliphatic heterocycles. The topological polar surface area (TPSA) is 51.2 Å². The molecule has 1 aromatic carbocycles. The lowest BCUT2D eigenvalue weighted by Gasteiger charge is -2.14. The summed E-state index contributed by atoms with van der Waals surface area (Å²) in [6.07, 6.45) is 8.05. The first kappa shape index (κ1) is 13.9. The lowest BCUT2D eigenvalue weighted by Crippen LogP contribution is -2.11. The Balaban J connectivity index is 1.74. The maximum atomic E-state index is 12.2. The summed E-state index contributed by atoms with van der Waals surface area (Å²) in [6.45, 7) is 0. The summed E-state index contributed by atoms with van der Waals surface area (Å²) in [4.78, 5) is 4.20. The molecule has 1 fully saturated rings. The zero-order valence-electron chi connectivity index (χ0n) is 11.2. The van der Waals surface area contributed by atoms with Crippen LogP contribution in [0.25, 0.3) is 4.83 Å². The highest BCUT2D eigenvalue weighted by atomic mass is 32.2. The minimum absolute atomic E-state index is 0.251. The number of fused-ring (bicyclic) bond motifs is 1. The molecule has 20 heavy (non-hydrogen) atoms. The Morgan fingerprint density at radius 3 is 2.65 bits per heavy atom. The molecule has 0 N–H and O–H groups in total. The summed E-state index contributed by atoms with van der Waals surface area (Å²) < 4.78 is 26.0. The van der Waals surface area contributed by atoms with Crippen LogP contribution in [-0.4, -0.2) is 24.0 Å². The molecule has 1 aliphatic carbocycles. The highest BCUT2D eigenvalue weighted by molar-refractivity contribution is 7.97. The third-order valence-corrected chi connectivity index (χ3v) is 6.43. The van der Waals surface area contributed by atoms with Gasteiger partial charge in [0.05, 0.1) is 16.1 Å². The van der Waals surface area contributed by atoms with Crippen LogP contribution in [0.5, 0.6) is 0 Å². The van der Waals surface area contributed by atoms with Crippen molar-refractivity contribution in [2.24, 2.45) is 5.92 Å². The third kappa shape index (κ3) is 3.01. The molecule has 0 spiro atoms. The van der Waals surface area contributed by atoms with Crippen LogP contribution < -0.4 is 0 Å². The number of hydrogen-bond acceptors (Lipinski definition) is 3. The number of rotatable bonds is 3. The Morgan fingerprint density at radius 1 is 1.10 bits per heavy atom. The average molecular weight is 310 g/mol. The van der Waals surface area contributed by atoms with E-state index >= 15 is 0 Å². The molecule has 2 aliphatic rings. The largest absolute Gasteiger partial charge is 0.310 e. The summed E-state index contributed by atoms with van der Waals surface area (Å²) in [6, 6.07) is 8.39. The quantitative estimate of drug-likeness (QED) is 0.635. The van der Waals surface area contributed by atoms with Crippen molar-refractivity contribution in [2.75, 3.05) is 0 Å². The van der Waals surface area contributed by atoms with E-state index in [2.05, 4.69) is 4.83 Å². The summed E-state index contributed by atoms with van der Waals surface area (Å²) in [7, 11) is -3.60. The Bertz CT molecular complexity index is 599. The number of sulfonamides is 1. The zero-order valence-corrected chi connectivity index (χ0v) is 12.8. The number of hydrogen-bond donors (Lipinski definition) is 0. The van der Waals surface area contributed by atoms with Gasteiger partial charge in [-0.25, -0.2) is 8.42 Å². The SMILES string of the molecule is O=S(=O)([N-][N+]1=CC2CCCCCC2S1)c1ccccc1. The number of nitrogens with zero attached hydrogens (tertiary/aromatic N) is 2. The smallest absolute Gasteiger partial charge is 0.168 e. The second kappa shape index (κ2) is 5.77. The van der Waals surface area contributed by atoms with Crippen molar-refractivity contribution < 1.29 is 12.5 Å². The molecule has 1 saturated carbocycles. The van der Waals surface area contributed by atoms with E-state index in [0.717, 1.165) is 12.8 Å². The maximum absolute atomic E-state index is 12.2. The molecule has 2 unspecified atom stereocenters. The molecule has 6 heteroatoms. The molecule has 108 valence electrons. The van der Waals surface area contributed by atoms with Gasteiger partial charge in [-0.1, -0.05) is 37.5 Å². The van der Waals surface area contributed by atoms with Crippen molar-refractivity contribution in [2.45, 2.75) is 42.2 Å². The Morgan fingerprint density at radius 2 is 1.85 bits per heavy atom. The van der Waals surface area contributed by atoms with Gasteiger partial charge >= 0.3 is 0 Å². The van der Waals surface area contributed by atoms with Gasteiger partial charge in [-0.3, -0.25) is 0 Å². The van der Waals surface area contributed by atoms with E-state index in [9.17, 15) is 8.42 Å². The highest BCUT2D eigenvalue weighted by Crippen LogP contribution is 2.38. The molecule has 0 aromatic heterocycles. The van der Waals surface area contributed by atoms with E-state index in [1.165, 1.54) is 19.3 Å². The van der Waals surface area contributed by atoms with E-state index in [-0.39, 0.29) is 4.90 Å². The molecule has 4 nitrogen and oxygen atoms in total. The van der Waals surface area contributed by atoms with Crippen LogP contribution in [-0.2, 0) is 10.0 Å². The van der Waals surface area contributed by atoms with Gasteiger partial charge in [-0.05, 0) is 25.0 Å². The van der Waals surface area contributed by atoms with E-state index in [1.54, 1.807) is 46.4 Å². The van der Waals surface area contributed by atoms with Crippen LogP contribution in [0.3, 0.4) is 0 Å². The lowest BCUT2D eigenvalue weighted by molar-refractivity contribution is -0.261. The van der Waals surface area contributed by atoms with Crippen LogP contribution >= 0.6 is 11.9 Å². The summed E-state index contributed by atoms with van der Waals surface area (Å²) >= 11 is 1.56. The van der Waals surface area contributed by atoms with Gasteiger partial charge in [0.1, 0.15) is 0 Å². The molecule has 2 atom stereocenters. The second-order valence-corrected chi connectivity index (χ2v) is 8.04. The van der Waals surface area contributed by atoms with Gasteiger partial charge in [0.25, 0.3) is 0 Å². The molecular weight excluding hydrogens is 292 g/mol. The molecule has 0 saturated heterocycles. The molecule has 1 heterocycles. The van der Waals surface area contributed by atoms with Crippen LogP contribution in [0.4, 0.5) is 0 Å². The summed E-state index contributed by atoms with van der Waals surface area (Å²) in [5, 5.41) is 0.493. The van der Waals surface area contributed by atoms with Crippen molar-refractivity contribution in [3.05, 3.63) is 35.2 Å². The monoisotopic (exact) mass is 310 g/mol. The van der Waals surface area contributed by atoms with Crippen molar-refractivity contribution >= 4 is 28.2 Å². The van der Waals surface area contributed by atoms with Crippen LogP contribution in [0.15, 0.2) is 35.2 Å². The van der Waals surface area contributed by atoms with Gasteiger partial charge in [-0.2, -0.15) is 4.09 Å². The maximum Gasteiger partial charge on any atom is 0.168 e. The predicted octanol–water partition coefficient (Wildman–Crippen LogP) is 3.36. The minimum Gasteiger partial charge on any atom is -0.310 e. The van der Waals surface area contributed by atoms with Crippen LogP contribution in [0.2, 0.25) is 0 Å². The number of benzene rings is 1. The first-order chi connectivity index (χ1) is 9.65. The Labute approximate surface area is 124 Å². The second-order valence-electron chi connectivity index (χ2n) is 5.27. The highest BCUT2D eigenvalue weighted by Gasteiger charge is 2.35. The molecule has 0 bridgehead atoms. The standard InChI is InChI=1S/C14H18N2O2S2/c17-20(18,13-8-4-2-5-9-13)15-16-11-12-7-3-1-6-10-14(12)19-16/h2,4-5,8-9,11-12,14H,1,3,6-7,10H2. The van der Waals surface area contributed by atoms with Crippen molar-refractivity contribution in [1.29, 1.82) is 0 Å². The molecule has 0 amide bonds. The van der Waals surface area contributed by atoms with E-state index in [4.69, 9.17) is 0 Å². The average Bonchev–Trinajstić information content (AvgIpc) is 2.68. The van der Waals surface area contributed by atoms with Gasteiger partial charge in [0, 0.05) is 0 Å². The molecule has 0 radical (unpaired) electrons. The zero-order chi connectivity index (χ0) is 14.0. The predicted molar refractivity (Wildman–Crippen MR) is 81.3 cm³/mol. The minimum atomic E-state index is -3.60. The van der Waals surface area contributed by atoms with Crippen LogP contribution in [0.1, 0.15) is 32.1 Å². The fraction of sp³-hybridized carbons (Fsp3) is 0.500. The van der Waals surface area contributed by atoms with Crippen molar-refractivity contribution in [3.8, 4) is 0 Å². The Kier molecular flexibility index (Phi) is 4.03. The van der Waals surface area contributed by atoms with E-state index < -0.39 is 10.0 Å². The summed E-state index contributed by atoms with van der Waals surface area (Å²) in [5.74, 6) is 0.470. The molecule has 3 rings (SSSR count). The Hall–Kier alpha value is -1.01. The fourth-order valence-electron chi connectivity index (χ4n) is 2.73. The van der Waals surface area contributed by atoms with Crippen LogP contribution in [0, 0.1) is 5.92 Å². The lowest BCUT2D eigenvalue weighted by atomic mass is 10.0. The van der Waals surface area contributed by atoms with E-state index in [0.29, 0.717) is 11.2 Å². The van der Waals surface area contributed by atoms with Gasteiger partial charge in [0.15, 0.2) is 28.2 Å². The van der Waals surface area contributed by atoms with E-state index in [1.807, 2.05) is 6.21 Å². The first-order valence-electron chi connectivity index (χ1n) is 6.99.